The molecule has 0 saturated carbocycles. The van der Waals surface area contributed by atoms with Gasteiger partial charge in [0.2, 0.25) is 0 Å². The minimum atomic E-state index is 0.402. The second-order valence-electron chi connectivity index (χ2n) is 6.58. The van der Waals surface area contributed by atoms with Crippen molar-refractivity contribution >= 4 is 40.2 Å². The molecule has 4 aromatic rings. The Labute approximate surface area is 188 Å². The Kier molecular flexibility index (Phi) is 5.96. The number of benzene rings is 2. The number of ether oxygens (including phenoxy) is 3. The summed E-state index contributed by atoms with van der Waals surface area (Å²) in [6.45, 7) is 1.78. The van der Waals surface area contributed by atoms with Crippen LogP contribution in [0.4, 0.5) is 17.3 Å². The van der Waals surface area contributed by atoms with Crippen LogP contribution in [0.15, 0.2) is 39.8 Å². The maximum Gasteiger partial charge on any atom is 0.187 e. The van der Waals surface area contributed by atoms with E-state index in [-0.39, 0.29) is 0 Å². The smallest absolute Gasteiger partial charge is 0.187 e. The highest BCUT2D eigenvalue weighted by atomic mass is 32.2. The lowest BCUT2D eigenvalue weighted by atomic mass is 10.2. The number of aromatic nitrogens is 3. The van der Waals surface area contributed by atoms with Gasteiger partial charge in [0.1, 0.15) is 33.8 Å². The Balaban J connectivity index is 1.64. The summed E-state index contributed by atoms with van der Waals surface area (Å²) in [4.78, 5) is 0.775. The third-order valence-corrected chi connectivity index (χ3v) is 5.64. The third kappa shape index (κ3) is 3.83. The van der Waals surface area contributed by atoms with E-state index in [1.54, 1.807) is 40.4 Å². The van der Waals surface area contributed by atoms with E-state index in [1.165, 1.54) is 11.9 Å². The van der Waals surface area contributed by atoms with E-state index in [1.807, 2.05) is 18.2 Å². The fourth-order valence-electron chi connectivity index (χ4n) is 3.11. The predicted molar refractivity (Wildman–Crippen MR) is 121 cm³/mol. The maximum atomic E-state index is 9.36. The number of H-pyrrole nitrogens is 1. The molecule has 2 aromatic heterocycles. The Morgan fingerprint density at radius 3 is 2.44 bits per heavy atom. The molecular formula is C21H20N6O4S. The first-order valence-electron chi connectivity index (χ1n) is 9.43. The summed E-state index contributed by atoms with van der Waals surface area (Å²) in [7, 11) is 4.76. The molecule has 0 radical (unpaired) electrons. The van der Waals surface area contributed by atoms with Crippen LogP contribution in [0.5, 0.6) is 17.2 Å². The predicted octanol–water partition coefficient (Wildman–Crippen LogP) is 4.62. The Hall–Kier alpha value is -4.04. The number of hydrogen-bond donors (Lipinski definition) is 3. The van der Waals surface area contributed by atoms with Gasteiger partial charge in [0.05, 0.1) is 38.1 Å². The van der Waals surface area contributed by atoms with E-state index >= 15 is 0 Å². The number of nitrogens with zero attached hydrogens (tertiary/aromatic N) is 3. The molecular weight excluding hydrogens is 432 g/mol. The van der Waals surface area contributed by atoms with Gasteiger partial charge in [-0.25, -0.2) is 0 Å². The quantitative estimate of drug-likeness (QED) is 0.325. The van der Waals surface area contributed by atoms with Crippen LogP contribution in [-0.2, 0) is 0 Å². The number of anilines is 3. The SMILES string of the molecule is COc1cc2c(NSc3c(OC)cccc3OC)noc2cc1Nc1n[nH]c(C)c1C#N. The molecule has 0 atom stereocenters. The topological polar surface area (TPSA) is 130 Å². The number of aryl methyl sites for hydroxylation is 1. The van der Waals surface area contributed by atoms with E-state index < -0.39 is 0 Å². The summed E-state index contributed by atoms with van der Waals surface area (Å²) in [6, 6.07) is 11.2. The highest BCUT2D eigenvalue weighted by Crippen LogP contribution is 2.40. The molecule has 0 saturated heterocycles. The summed E-state index contributed by atoms with van der Waals surface area (Å²) < 4.78 is 25.1. The summed E-state index contributed by atoms with van der Waals surface area (Å²) in [5.74, 6) is 2.78. The van der Waals surface area contributed by atoms with Gasteiger partial charge in [-0.1, -0.05) is 11.2 Å². The van der Waals surface area contributed by atoms with Crippen molar-refractivity contribution in [2.24, 2.45) is 0 Å². The van der Waals surface area contributed by atoms with E-state index in [2.05, 4.69) is 31.5 Å². The van der Waals surface area contributed by atoms with Gasteiger partial charge in [0, 0.05) is 6.07 Å². The molecule has 2 aromatic carbocycles. The van der Waals surface area contributed by atoms with E-state index in [0.29, 0.717) is 56.8 Å². The van der Waals surface area contributed by atoms with Gasteiger partial charge in [0.15, 0.2) is 17.2 Å². The van der Waals surface area contributed by atoms with Gasteiger partial charge in [-0.3, -0.25) is 5.10 Å². The molecule has 164 valence electrons. The highest BCUT2D eigenvalue weighted by Gasteiger charge is 2.18. The van der Waals surface area contributed by atoms with Gasteiger partial charge in [0.25, 0.3) is 0 Å². The zero-order chi connectivity index (χ0) is 22.7. The van der Waals surface area contributed by atoms with Gasteiger partial charge >= 0.3 is 0 Å². The number of aromatic amines is 1. The minimum Gasteiger partial charge on any atom is -0.495 e. The van der Waals surface area contributed by atoms with Crippen molar-refractivity contribution in [3.8, 4) is 23.3 Å². The molecule has 0 aliphatic carbocycles. The van der Waals surface area contributed by atoms with Gasteiger partial charge in [-0.05, 0) is 37.1 Å². The van der Waals surface area contributed by atoms with Crippen LogP contribution in [0.3, 0.4) is 0 Å². The first kappa shape index (κ1) is 21.2. The second kappa shape index (κ2) is 8.99. The molecule has 10 nitrogen and oxygen atoms in total. The molecule has 11 heteroatoms. The number of nitrogens with one attached hydrogen (secondary N) is 3. The molecule has 0 fully saturated rings. The van der Waals surface area contributed by atoms with Crippen molar-refractivity contribution in [1.82, 2.24) is 15.4 Å². The van der Waals surface area contributed by atoms with Crippen LogP contribution in [0.2, 0.25) is 0 Å². The molecule has 2 heterocycles. The largest absolute Gasteiger partial charge is 0.495 e. The van der Waals surface area contributed by atoms with E-state index in [4.69, 9.17) is 18.7 Å². The molecule has 0 amide bonds. The van der Waals surface area contributed by atoms with Crippen LogP contribution in [0, 0.1) is 18.3 Å². The molecule has 0 unspecified atom stereocenters. The fourth-order valence-corrected chi connectivity index (χ4v) is 3.96. The van der Waals surface area contributed by atoms with Crippen molar-refractivity contribution < 1.29 is 18.7 Å². The molecule has 32 heavy (non-hydrogen) atoms. The standard InChI is InChI=1S/C21H20N6O4S/c1-11-13(10-22)20(25-24-11)23-14-9-17-12(8-18(14)30-4)21(26-31-17)27-32-19-15(28-2)6-5-7-16(19)29-3/h5-9H,1-4H3,(H,26,27)(H2,23,24,25). The third-order valence-electron chi connectivity index (χ3n) is 4.74. The number of nitriles is 1. The average Bonchev–Trinajstić information content (AvgIpc) is 3.38. The molecule has 0 bridgehead atoms. The van der Waals surface area contributed by atoms with Crippen molar-refractivity contribution in [3.63, 3.8) is 0 Å². The number of fused-ring (bicyclic) bond motifs is 1. The van der Waals surface area contributed by atoms with Gasteiger partial charge < -0.3 is 28.8 Å². The van der Waals surface area contributed by atoms with Crippen LogP contribution in [0.25, 0.3) is 11.0 Å². The van der Waals surface area contributed by atoms with E-state index in [9.17, 15) is 5.26 Å². The minimum absolute atomic E-state index is 0.402. The maximum absolute atomic E-state index is 9.36. The van der Waals surface area contributed by atoms with Gasteiger partial charge in [-0.2, -0.15) is 10.4 Å². The lowest BCUT2D eigenvalue weighted by molar-refractivity contribution is 0.376. The van der Waals surface area contributed by atoms with Gasteiger partial charge in [-0.15, -0.1) is 0 Å². The summed E-state index contributed by atoms with van der Waals surface area (Å²) in [5.41, 5.74) is 2.21. The Bertz CT molecular complexity index is 1290. The van der Waals surface area contributed by atoms with Crippen LogP contribution >= 0.6 is 11.9 Å². The highest BCUT2D eigenvalue weighted by molar-refractivity contribution is 8.00. The summed E-state index contributed by atoms with van der Waals surface area (Å²) in [5, 5.41) is 24.3. The number of hydrogen-bond acceptors (Lipinski definition) is 10. The Morgan fingerprint density at radius 1 is 1.06 bits per heavy atom. The summed E-state index contributed by atoms with van der Waals surface area (Å²) >= 11 is 1.29. The monoisotopic (exact) mass is 452 g/mol. The zero-order valence-electron chi connectivity index (χ0n) is 17.8. The molecule has 0 spiro atoms. The van der Waals surface area contributed by atoms with Crippen LogP contribution < -0.4 is 24.2 Å². The normalized spacial score (nSPS) is 10.6. The number of rotatable bonds is 8. The molecule has 4 rings (SSSR count). The molecule has 0 aliphatic rings. The zero-order valence-corrected chi connectivity index (χ0v) is 18.6. The van der Waals surface area contributed by atoms with Crippen LogP contribution in [-0.4, -0.2) is 36.7 Å². The lowest BCUT2D eigenvalue weighted by Crippen LogP contribution is -1.97. The van der Waals surface area contributed by atoms with Crippen molar-refractivity contribution in [1.29, 1.82) is 5.26 Å². The second-order valence-corrected chi connectivity index (χ2v) is 7.40. The average molecular weight is 452 g/mol. The summed E-state index contributed by atoms with van der Waals surface area (Å²) in [6.07, 6.45) is 0. The molecule has 3 N–H and O–H groups in total. The Morgan fingerprint density at radius 2 is 1.78 bits per heavy atom. The fraction of sp³-hybridized carbons (Fsp3) is 0.190. The van der Waals surface area contributed by atoms with Crippen molar-refractivity contribution in [2.45, 2.75) is 11.8 Å². The number of methoxy groups -OCH3 is 3. The van der Waals surface area contributed by atoms with E-state index in [0.717, 1.165) is 4.90 Å². The van der Waals surface area contributed by atoms with Crippen molar-refractivity contribution in [2.75, 3.05) is 31.4 Å². The molecule has 0 aliphatic heterocycles. The lowest BCUT2D eigenvalue weighted by Gasteiger charge is -2.12. The first-order chi connectivity index (χ1) is 15.6. The van der Waals surface area contributed by atoms with Crippen molar-refractivity contribution in [3.05, 3.63) is 41.6 Å². The van der Waals surface area contributed by atoms with Crippen LogP contribution in [0.1, 0.15) is 11.3 Å². The first-order valence-corrected chi connectivity index (χ1v) is 10.2.